The summed E-state index contributed by atoms with van der Waals surface area (Å²) < 4.78 is 46.8. The molecule has 2 aromatic carbocycles. The molecule has 2 N–H and O–H groups in total. The molecule has 7 nitrogen and oxygen atoms in total. The van der Waals surface area contributed by atoms with E-state index in [4.69, 9.17) is 4.74 Å². The molecule has 1 fully saturated rings. The normalized spacial score (nSPS) is 19.7. The van der Waals surface area contributed by atoms with Crippen LogP contribution < -0.4 is 15.4 Å². The Hall–Kier alpha value is -2.98. The lowest BCUT2D eigenvalue weighted by Crippen LogP contribution is -2.45. The summed E-state index contributed by atoms with van der Waals surface area (Å²) in [5.74, 6) is -0.533. The van der Waals surface area contributed by atoms with Gasteiger partial charge in [-0.3, -0.25) is 0 Å². The molecule has 4 rings (SSSR count). The highest BCUT2D eigenvalue weighted by Gasteiger charge is 2.38. The summed E-state index contributed by atoms with van der Waals surface area (Å²) in [4.78, 5) is 0. The molecule has 182 valence electrons. The lowest BCUT2D eigenvalue weighted by molar-refractivity contribution is -0.146. The van der Waals surface area contributed by atoms with Crippen molar-refractivity contribution in [1.29, 1.82) is 0 Å². The zero-order chi connectivity index (χ0) is 24.1. The van der Waals surface area contributed by atoms with Gasteiger partial charge < -0.3 is 15.4 Å². The van der Waals surface area contributed by atoms with E-state index < -0.39 is 12.0 Å². The third-order valence-electron chi connectivity index (χ3n) is 6.09. The van der Waals surface area contributed by atoms with E-state index in [1.54, 1.807) is 18.2 Å². The molecule has 3 atom stereocenters. The highest BCUT2D eigenvalue weighted by Crippen LogP contribution is 2.31. The van der Waals surface area contributed by atoms with Crippen molar-refractivity contribution in [1.82, 2.24) is 30.8 Å². The number of halogens is 3. The van der Waals surface area contributed by atoms with Gasteiger partial charge in [-0.15, -0.1) is 5.10 Å². The summed E-state index contributed by atoms with van der Waals surface area (Å²) >= 11 is 0. The van der Waals surface area contributed by atoms with Gasteiger partial charge in [0.05, 0.1) is 11.8 Å². The van der Waals surface area contributed by atoms with Crippen molar-refractivity contribution in [3.63, 3.8) is 0 Å². The van der Waals surface area contributed by atoms with Crippen molar-refractivity contribution >= 4 is 0 Å². The lowest BCUT2D eigenvalue weighted by Gasteiger charge is -2.34. The Morgan fingerprint density at radius 2 is 2.00 bits per heavy atom. The van der Waals surface area contributed by atoms with E-state index in [-0.39, 0.29) is 23.9 Å². The molecule has 0 saturated carbocycles. The van der Waals surface area contributed by atoms with Gasteiger partial charge in [-0.2, -0.15) is 17.9 Å². The Kier molecular flexibility index (Phi) is 7.47. The van der Waals surface area contributed by atoms with E-state index in [0.717, 1.165) is 31.4 Å². The number of ether oxygens (including phenoxy) is 1. The van der Waals surface area contributed by atoms with E-state index in [0.29, 0.717) is 17.0 Å². The molecular weight excluding hydrogens is 445 g/mol. The first-order valence-corrected chi connectivity index (χ1v) is 11.5. The van der Waals surface area contributed by atoms with E-state index >= 15 is 0 Å². The van der Waals surface area contributed by atoms with Gasteiger partial charge in [-0.1, -0.05) is 37.3 Å². The molecule has 0 amide bonds. The second-order valence-electron chi connectivity index (χ2n) is 8.51. The zero-order valence-electron chi connectivity index (χ0n) is 19.2. The topological polar surface area (TPSA) is 76.9 Å². The number of nitrogens with one attached hydrogen (secondary N) is 2. The van der Waals surface area contributed by atoms with Crippen LogP contribution in [0.3, 0.4) is 0 Å². The van der Waals surface area contributed by atoms with Crippen molar-refractivity contribution in [3.8, 4) is 11.4 Å². The Labute approximate surface area is 196 Å². The Morgan fingerprint density at radius 3 is 2.74 bits per heavy atom. The van der Waals surface area contributed by atoms with Crippen molar-refractivity contribution in [2.45, 2.75) is 64.0 Å². The average molecular weight is 475 g/mol. The molecule has 1 aliphatic rings. The summed E-state index contributed by atoms with van der Waals surface area (Å²) in [6, 6.07) is 15.4. The molecule has 0 spiro atoms. The van der Waals surface area contributed by atoms with Crippen molar-refractivity contribution in [2.75, 3.05) is 6.54 Å². The zero-order valence-corrected chi connectivity index (χ0v) is 19.2. The number of tetrazole rings is 1. The van der Waals surface area contributed by atoms with Crippen molar-refractivity contribution < 1.29 is 17.9 Å². The third kappa shape index (κ3) is 5.56. The first-order valence-electron chi connectivity index (χ1n) is 11.5. The SMILES string of the molecule is CCC(C)Oc1ccc(-n2nnnc2C(F)(F)F)cc1CN[C@H]1CCCN[C@H]1c1ccccc1. The van der Waals surface area contributed by atoms with E-state index in [1.807, 2.05) is 32.0 Å². The second-order valence-corrected chi connectivity index (χ2v) is 8.51. The first kappa shape index (κ1) is 24.2. The standard InChI is InChI=1S/C24H29F3N6O/c1-3-16(2)34-21-12-11-19(33-23(24(25,26)27)30-31-32-33)14-18(21)15-29-20-10-7-13-28-22(20)17-8-5-4-6-9-17/h4-6,8-9,11-12,14,16,20,22,28-29H,3,7,10,13,15H2,1-2H3/t16?,20-,22-/m0/s1. The van der Waals surface area contributed by atoms with Gasteiger partial charge >= 0.3 is 6.18 Å². The predicted octanol–water partition coefficient (Wildman–Crippen LogP) is 4.44. The molecule has 1 saturated heterocycles. The van der Waals surface area contributed by atoms with Crippen LogP contribution in [0.2, 0.25) is 0 Å². The van der Waals surface area contributed by atoms with Crippen molar-refractivity contribution in [3.05, 3.63) is 65.5 Å². The molecule has 2 heterocycles. The molecule has 10 heteroatoms. The quantitative estimate of drug-likeness (QED) is 0.503. The van der Waals surface area contributed by atoms with E-state index in [1.165, 1.54) is 5.56 Å². The maximum Gasteiger partial charge on any atom is 0.453 e. The predicted molar refractivity (Wildman–Crippen MR) is 122 cm³/mol. The van der Waals surface area contributed by atoms with Crippen LogP contribution in [0.15, 0.2) is 48.5 Å². The second kappa shape index (κ2) is 10.5. The van der Waals surface area contributed by atoms with Crippen LogP contribution in [0.5, 0.6) is 5.75 Å². The molecule has 3 aromatic rings. The van der Waals surface area contributed by atoms with Crippen LogP contribution in [0.1, 0.15) is 56.1 Å². The van der Waals surface area contributed by atoms with Gasteiger partial charge in [-0.05, 0) is 66.9 Å². The Balaban J connectivity index is 1.61. The number of piperidine rings is 1. The largest absolute Gasteiger partial charge is 0.490 e. The Morgan fingerprint density at radius 1 is 1.21 bits per heavy atom. The maximum absolute atomic E-state index is 13.4. The summed E-state index contributed by atoms with van der Waals surface area (Å²) in [5, 5.41) is 17.2. The molecule has 0 bridgehead atoms. The monoisotopic (exact) mass is 474 g/mol. The van der Waals surface area contributed by atoms with Crippen LogP contribution in [0.4, 0.5) is 13.2 Å². The minimum absolute atomic E-state index is 0.0308. The van der Waals surface area contributed by atoms with Gasteiger partial charge in [0.25, 0.3) is 5.82 Å². The van der Waals surface area contributed by atoms with Crippen molar-refractivity contribution in [2.24, 2.45) is 0 Å². The molecule has 1 aromatic heterocycles. The Bertz CT molecular complexity index is 1070. The highest BCUT2D eigenvalue weighted by molar-refractivity contribution is 5.44. The van der Waals surface area contributed by atoms with Crippen LogP contribution in [0, 0.1) is 0 Å². The molecule has 34 heavy (non-hydrogen) atoms. The van der Waals surface area contributed by atoms with Crippen LogP contribution in [0.25, 0.3) is 5.69 Å². The molecule has 1 aliphatic heterocycles. The van der Waals surface area contributed by atoms with Gasteiger partial charge in [0, 0.05) is 24.2 Å². The maximum atomic E-state index is 13.4. The summed E-state index contributed by atoms with van der Waals surface area (Å²) in [7, 11) is 0. The minimum atomic E-state index is -4.66. The summed E-state index contributed by atoms with van der Waals surface area (Å²) in [5.41, 5.74) is 2.18. The number of aromatic nitrogens is 4. The highest BCUT2D eigenvalue weighted by atomic mass is 19.4. The van der Waals surface area contributed by atoms with Gasteiger partial charge in [0.1, 0.15) is 5.75 Å². The fourth-order valence-electron chi connectivity index (χ4n) is 4.15. The number of benzene rings is 2. The molecular formula is C24H29F3N6O. The fourth-order valence-corrected chi connectivity index (χ4v) is 4.15. The van der Waals surface area contributed by atoms with E-state index in [2.05, 4.69) is 38.3 Å². The molecule has 0 radical (unpaired) electrons. The molecule has 0 aliphatic carbocycles. The number of rotatable bonds is 8. The lowest BCUT2D eigenvalue weighted by atomic mass is 9.92. The summed E-state index contributed by atoms with van der Waals surface area (Å²) in [6.45, 7) is 5.35. The average Bonchev–Trinajstić information content (AvgIpc) is 3.35. The van der Waals surface area contributed by atoms with Crippen LogP contribution >= 0.6 is 0 Å². The number of nitrogens with zero attached hydrogens (tertiary/aromatic N) is 4. The fraction of sp³-hybridized carbons (Fsp3) is 0.458. The van der Waals surface area contributed by atoms with Gasteiger partial charge in [0.15, 0.2) is 0 Å². The third-order valence-corrected chi connectivity index (χ3v) is 6.09. The number of alkyl halides is 3. The van der Waals surface area contributed by atoms with E-state index in [9.17, 15) is 13.2 Å². The van der Waals surface area contributed by atoms with Gasteiger partial charge in [0.2, 0.25) is 0 Å². The van der Waals surface area contributed by atoms with Crippen LogP contribution in [-0.4, -0.2) is 38.9 Å². The number of hydrogen-bond acceptors (Lipinski definition) is 6. The molecule has 1 unspecified atom stereocenters. The minimum Gasteiger partial charge on any atom is -0.490 e. The number of hydrogen-bond donors (Lipinski definition) is 2. The summed E-state index contributed by atoms with van der Waals surface area (Å²) in [6.07, 6.45) is -1.86. The first-order chi connectivity index (χ1) is 16.4. The van der Waals surface area contributed by atoms with Gasteiger partial charge in [-0.25, -0.2) is 0 Å². The van der Waals surface area contributed by atoms with Crippen LogP contribution in [-0.2, 0) is 12.7 Å². The smallest absolute Gasteiger partial charge is 0.453 e.